The maximum absolute atomic E-state index is 12.2. The second-order valence-electron chi connectivity index (χ2n) is 6.64. The molecule has 2 aromatic carbocycles. The summed E-state index contributed by atoms with van der Waals surface area (Å²) in [5.41, 5.74) is 1.88. The minimum Gasteiger partial charge on any atom is -0.497 e. The predicted octanol–water partition coefficient (Wildman–Crippen LogP) is 2.27. The molecule has 0 bridgehead atoms. The first-order chi connectivity index (χ1) is 13.9. The van der Waals surface area contributed by atoms with Gasteiger partial charge in [-0.1, -0.05) is 12.1 Å². The van der Waals surface area contributed by atoms with E-state index in [2.05, 4.69) is 21.3 Å². The third kappa shape index (κ3) is 7.53. The number of carbonyl (C=O) groups excluding carboxylic acids is 3. The van der Waals surface area contributed by atoms with E-state index < -0.39 is 0 Å². The highest BCUT2D eigenvalue weighted by atomic mass is 16.5. The van der Waals surface area contributed by atoms with Gasteiger partial charge in [-0.15, -0.1) is 0 Å². The highest BCUT2D eigenvalue weighted by molar-refractivity contribution is 5.97. The van der Waals surface area contributed by atoms with Crippen molar-refractivity contribution in [2.45, 2.75) is 26.4 Å². The van der Waals surface area contributed by atoms with Crippen LogP contribution < -0.4 is 26.0 Å². The second kappa shape index (κ2) is 10.7. The molecule has 8 heteroatoms. The van der Waals surface area contributed by atoms with Gasteiger partial charge in [0.15, 0.2) is 0 Å². The Kier molecular flexibility index (Phi) is 8.02. The molecule has 0 atom stereocenters. The van der Waals surface area contributed by atoms with Crippen molar-refractivity contribution in [1.29, 1.82) is 0 Å². The summed E-state index contributed by atoms with van der Waals surface area (Å²) in [4.78, 5) is 35.8. The number of hydrogen-bond donors (Lipinski definition) is 4. The molecule has 154 valence electrons. The molecule has 8 nitrogen and oxygen atoms in total. The summed E-state index contributed by atoms with van der Waals surface area (Å²) in [5.74, 6) is 0.0784. The van der Waals surface area contributed by atoms with E-state index in [1.807, 2.05) is 38.1 Å². The van der Waals surface area contributed by atoms with Crippen LogP contribution in [0.2, 0.25) is 0 Å². The lowest BCUT2D eigenvalue weighted by Crippen LogP contribution is -2.36. The monoisotopic (exact) mass is 398 g/mol. The molecule has 4 N–H and O–H groups in total. The highest BCUT2D eigenvalue weighted by Gasteiger charge is 2.09. The van der Waals surface area contributed by atoms with Gasteiger partial charge >= 0.3 is 6.03 Å². The Morgan fingerprint density at radius 3 is 2.17 bits per heavy atom. The Morgan fingerprint density at radius 1 is 0.931 bits per heavy atom. The molecular weight excluding hydrogens is 372 g/mol. The van der Waals surface area contributed by atoms with Gasteiger partial charge in [0.1, 0.15) is 5.75 Å². The Balaban J connectivity index is 1.76. The molecular formula is C21H26N4O4. The number of anilines is 1. The molecule has 0 heterocycles. The lowest BCUT2D eigenvalue weighted by atomic mass is 10.2. The molecule has 0 saturated heterocycles. The van der Waals surface area contributed by atoms with Crippen LogP contribution >= 0.6 is 0 Å². The van der Waals surface area contributed by atoms with Crippen LogP contribution in [-0.2, 0) is 11.3 Å². The van der Waals surface area contributed by atoms with Gasteiger partial charge < -0.3 is 26.0 Å². The van der Waals surface area contributed by atoms with Crippen molar-refractivity contribution in [3.63, 3.8) is 0 Å². The maximum Gasteiger partial charge on any atom is 0.319 e. The molecule has 0 radical (unpaired) electrons. The fourth-order valence-electron chi connectivity index (χ4n) is 2.40. The number of urea groups is 1. The Labute approximate surface area is 170 Å². The maximum atomic E-state index is 12.2. The molecule has 0 aliphatic rings. The zero-order valence-electron chi connectivity index (χ0n) is 16.7. The molecule has 0 aromatic heterocycles. The topological polar surface area (TPSA) is 109 Å². The summed E-state index contributed by atoms with van der Waals surface area (Å²) in [6.07, 6.45) is 0. The van der Waals surface area contributed by atoms with Gasteiger partial charge in [0.05, 0.1) is 13.7 Å². The van der Waals surface area contributed by atoms with Gasteiger partial charge in [-0.3, -0.25) is 9.59 Å². The average molecular weight is 398 g/mol. The van der Waals surface area contributed by atoms with Crippen LogP contribution in [0.3, 0.4) is 0 Å². The molecule has 0 saturated carbocycles. The minimum atomic E-state index is -0.372. The first-order valence-electron chi connectivity index (χ1n) is 9.23. The highest BCUT2D eigenvalue weighted by Crippen LogP contribution is 2.11. The third-order valence-electron chi connectivity index (χ3n) is 3.88. The van der Waals surface area contributed by atoms with E-state index in [1.165, 1.54) is 0 Å². The van der Waals surface area contributed by atoms with Crippen molar-refractivity contribution in [3.05, 3.63) is 59.7 Å². The number of methoxy groups -OCH3 is 1. The number of amides is 4. The Hall–Kier alpha value is -3.55. The standard InChI is InChI=1S/C21H26N4O4/c1-14(2)24-21(28)25-17-8-6-16(7-9-17)20(27)23-13-19(26)22-12-15-4-10-18(29-3)11-5-15/h4-11,14H,12-13H2,1-3H3,(H,22,26)(H,23,27)(H2,24,25,28). The van der Waals surface area contributed by atoms with Gasteiger partial charge in [-0.05, 0) is 55.8 Å². The average Bonchev–Trinajstić information content (AvgIpc) is 2.70. The zero-order valence-corrected chi connectivity index (χ0v) is 16.7. The van der Waals surface area contributed by atoms with Crippen LogP contribution in [0.15, 0.2) is 48.5 Å². The quantitative estimate of drug-likeness (QED) is 0.547. The molecule has 2 rings (SSSR count). The fourth-order valence-corrected chi connectivity index (χ4v) is 2.40. The van der Waals surface area contributed by atoms with Crippen molar-refractivity contribution in [2.24, 2.45) is 0 Å². The number of hydrogen-bond acceptors (Lipinski definition) is 4. The molecule has 0 fully saturated rings. The zero-order chi connectivity index (χ0) is 21.2. The van der Waals surface area contributed by atoms with Crippen LogP contribution in [0.4, 0.5) is 10.5 Å². The normalized spacial score (nSPS) is 10.2. The SMILES string of the molecule is COc1ccc(CNC(=O)CNC(=O)c2ccc(NC(=O)NC(C)C)cc2)cc1. The lowest BCUT2D eigenvalue weighted by Gasteiger charge is -2.11. The molecule has 0 aliphatic heterocycles. The van der Waals surface area contributed by atoms with Gasteiger partial charge in [0.25, 0.3) is 5.91 Å². The van der Waals surface area contributed by atoms with Crippen LogP contribution in [-0.4, -0.2) is 37.5 Å². The second-order valence-corrected chi connectivity index (χ2v) is 6.64. The first kappa shape index (κ1) is 21.7. The van der Waals surface area contributed by atoms with E-state index in [4.69, 9.17) is 4.74 Å². The lowest BCUT2D eigenvalue weighted by molar-refractivity contribution is -0.120. The third-order valence-corrected chi connectivity index (χ3v) is 3.88. The molecule has 2 aromatic rings. The Morgan fingerprint density at radius 2 is 1.59 bits per heavy atom. The van der Waals surface area contributed by atoms with Gasteiger partial charge in [-0.2, -0.15) is 0 Å². The van der Waals surface area contributed by atoms with E-state index in [0.29, 0.717) is 17.8 Å². The number of benzene rings is 2. The number of rotatable bonds is 8. The number of ether oxygens (including phenoxy) is 1. The van der Waals surface area contributed by atoms with Crippen LogP contribution in [0.25, 0.3) is 0 Å². The van der Waals surface area contributed by atoms with Crippen molar-refractivity contribution < 1.29 is 19.1 Å². The van der Waals surface area contributed by atoms with Gasteiger partial charge in [0.2, 0.25) is 5.91 Å². The summed E-state index contributed by atoms with van der Waals surface area (Å²) < 4.78 is 5.08. The van der Waals surface area contributed by atoms with Crippen molar-refractivity contribution in [3.8, 4) is 5.75 Å². The molecule has 0 aliphatic carbocycles. The largest absolute Gasteiger partial charge is 0.497 e. The van der Waals surface area contributed by atoms with E-state index in [-0.39, 0.29) is 30.4 Å². The van der Waals surface area contributed by atoms with Crippen LogP contribution in [0.1, 0.15) is 29.8 Å². The summed E-state index contributed by atoms with van der Waals surface area (Å²) in [5, 5.41) is 10.7. The van der Waals surface area contributed by atoms with E-state index in [1.54, 1.807) is 31.4 Å². The van der Waals surface area contributed by atoms with Gasteiger partial charge in [0, 0.05) is 23.8 Å². The fraction of sp³-hybridized carbons (Fsp3) is 0.286. The van der Waals surface area contributed by atoms with Crippen LogP contribution in [0, 0.1) is 0 Å². The smallest absolute Gasteiger partial charge is 0.319 e. The van der Waals surface area contributed by atoms with Crippen molar-refractivity contribution in [1.82, 2.24) is 16.0 Å². The van der Waals surface area contributed by atoms with E-state index in [9.17, 15) is 14.4 Å². The van der Waals surface area contributed by atoms with E-state index >= 15 is 0 Å². The summed E-state index contributed by atoms with van der Waals surface area (Å²) in [7, 11) is 1.59. The molecule has 0 unspecified atom stereocenters. The van der Waals surface area contributed by atoms with Crippen molar-refractivity contribution >= 4 is 23.5 Å². The molecule has 4 amide bonds. The summed E-state index contributed by atoms with van der Waals surface area (Å²) >= 11 is 0. The van der Waals surface area contributed by atoms with Crippen molar-refractivity contribution in [2.75, 3.05) is 19.0 Å². The first-order valence-corrected chi connectivity index (χ1v) is 9.23. The number of carbonyl (C=O) groups is 3. The number of nitrogens with one attached hydrogen (secondary N) is 4. The van der Waals surface area contributed by atoms with Gasteiger partial charge in [-0.25, -0.2) is 4.79 Å². The van der Waals surface area contributed by atoms with E-state index in [0.717, 1.165) is 11.3 Å². The summed E-state index contributed by atoms with van der Waals surface area (Å²) in [6.45, 7) is 3.95. The van der Waals surface area contributed by atoms with Crippen LogP contribution in [0.5, 0.6) is 5.75 Å². The summed E-state index contributed by atoms with van der Waals surface area (Å²) in [6, 6.07) is 13.5. The Bertz CT molecular complexity index is 833. The molecule has 29 heavy (non-hydrogen) atoms. The molecule has 0 spiro atoms. The minimum absolute atomic E-state index is 0.0240. The predicted molar refractivity (Wildman–Crippen MR) is 111 cm³/mol.